The Balaban J connectivity index is 1.06. The second kappa shape index (κ2) is 11.3. The topological polar surface area (TPSA) is 16.4 Å². The van der Waals surface area contributed by atoms with E-state index in [0.29, 0.717) is 0 Å². The Morgan fingerprint density at radius 2 is 0.941 bits per heavy atom. The molecule has 2 nitrogen and oxygen atoms in total. The van der Waals surface area contributed by atoms with E-state index in [1.54, 1.807) is 0 Å². The monoisotopic (exact) mass is 653 g/mol. The molecule has 10 rings (SSSR count). The third-order valence-electron chi connectivity index (χ3n) is 10.9. The Hall–Kier alpha value is -6.38. The van der Waals surface area contributed by atoms with Crippen molar-refractivity contribution in [3.05, 3.63) is 187 Å². The Bertz CT molecular complexity index is 2750. The molecule has 9 aromatic rings. The molecule has 0 saturated carbocycles. The van der Waals surface area contributed by atoms with Crippen LogP contribution in [0.5, 0.6) is 0 Å². The van der Waals surface area contributed by atoms with Gasteiger partial charge in [0, 0.05) is 33.2 Å². The first-order chi connectivity index (χ1) is 25.0. The lowest BCUT2D eigenvalue weighted by Gasteiger charge is -2.28. The molecule has 1 aromatic heterocycles. The zero-order valence-electron chi connectivity index (χ0n) is 28.6. The molecule has 1 aliphatic rings. The average molecular weight is 654 g/mol. The molecule has 0 N–H and O–H groups in total. The van der Waals surface area contributed by atoms with Gasteiger partial charge in [-0.25, -0.2) is 0 Å². The van der Waals surface area contributed by atoms with Gasteiger partial charge in [-0.2, -0.15) is 0 Å². The van der Waals surface area contributed by atoms with E-state index in [-0.39, 0.29) is 5.41 Å². The molecule has 0 spiro atoms. The smallest absolute Gasteiger partial charge is 0.136 e. The van der Waals surface area contributed by atoms with Crippen molar-refractivity contribution < 1.29 is 4.42 Å². The average Bonchev–Trinajstić information content (AvgIpc) is 3.65. The summed E-state index contributed by atoms with van der Waals surface area (Å²) in [6.45, 7) is 4.69. The van der Waals surface area contributed by atoms with E-state index < -0.39 is 0 Å². The zero-order chi connectivity index (χ0) is 34.1. The number of hydrogen-bond donors (Lipinski definition) is 0. The molecule has 0 amide bonds. The van der Waals surface area contributed by atoms with Crippen LogP contribution in [0, 0.1) is 0 Å². The molecule has 0 aliphatic heterocycles. The van der Waals surface area contributed by atoms with Crippen LogP contribution in [-0.2, 0) is 5.41 Å². The maximum Gasteiger partial charge on any atom is 0.136 e. The SMILES string of the molecule is CC1(C)c2ccccc2-c2ccc(N(c3ccc(-c4ccccc4)cc3)c3ccc(-c4ccc5oc6cc7ccccc7cc6c5c4)cc3)cc21. The fraction of sp³-hybridized carbons (Fsp3) is 0.0612. The van der Waals surface area contributed by atoms with Gasteiger partial charge in [0.2, 0.25) is 0 Å². The van der Waals surface area contributed by atoms with Gasteiger partial charge in [-0.05, 0) is 116 Å². The van der Waals surface area contributed by atoms with E-state index in [1.165, 1.54) is 55.3 Å². The molecular formula is C49H35NO. The molecule has 8 aromatic carbocycles. The highest BCUT2D eigenvalue weighted by atomic mass is 16.3. The van der Waals surface area contributed by atoms with E-state index in [1.807, 2.05) is 0 Å². The Morgan fingerprint density at radius 3 is 1.69 bits per heavy atom. The molecule has 0 unspecified atom stereocenters. The lowest BCUT2D eigenvalue weighted by atomic mass is 9.82. The quantitative estimate of drug-likeness (QED) is 0.184. The van der Waals surface area contributed by atoms with Gasteiger partial charge in [0.1, 0.15) is 11.2 Å². The number of rotatable bonds is 5. The fourth-order valence-corrected chi connectivity index (χ4v) is 8.16. The summed E-state index contributed by atoms with van der Waals surface area (Å²) >= 11 is 0. The van der Waals surface area contributed by atoms with E-state index in [4.69, 9.17) is 4.42 Å². The minimum atomic E-state index is -0.0865. The lowest BCUT2D eigenvalue weighted by molar-refractivity contribution is 0.660. The second-order valence-electron chi connectivity index (χ2n) is 14.2. The van der Waals surface area contributed by atoms with Crippen molar-refractivity contribution in [2.24, 2.45) is 0 Å². The minimum Gasteiger partial charge on any atom is -0.456 e. The van der Waals surface area contributed by atoms with Crippen molar-refractivity contribution in [2.75, 3.05) is 4.90 Å². The van der Waals surface area contributed by atoms with E-state index >= 15 is 0 Å². The van der Waals surface area contributed by atoms with Crippen LogP contribution in [0.1, 0.15) is 25.0 Å². The van der Waals surface area contributed by atoms with Crippen LogP contribution in [0.2, 0.25) is 0 Å². The number of benzene rings is 8. The molecule has 0 saturated heterocycles. The summed E-state index contributed by atoms with van der Waals surface area (Å²) in [5.41, 5.74) is 15.3. The zero-order valence-corrected chi connectivity index (χ0v) is 28.6. The number of nitrogens with zero attached hydrogens (tertiary/aromatic N) is 1. The largest absolute Gasteiger partial charge is 0.456 e. The van der Waals surface area contributed by atoms with Crippen LogP contribution in [0.25, 0.3) is 66.1 Å². The van der Waals surface area contributed by atoms with Crippen molar-refractivity contribution in [3.8, 4) is 33.4 Å². The summed E-state index contributed by atoms with van der Waals surface area (Å²) < 4.78 is 6.30. The summed E-state index contributed by atoms with van der Waals surface area (Å²) in [6.07, 6.45) is 0. The van der Waals surface area contributed by atoms with Gasteiger partial charge in [-0.1, -0.05) is 129 Å². The second-order valence-corrected chi connectivity index (χ2v) is 14.2. The first-order valence-corrected chi connectivity index (χ1v) is 17.7. The molecule has 242 valence electrons. The van der Waals surface area contributed by atoms with Crippen LogP contribution >= 0.6 is 0 Å². The third-order valence-corrected chi connectivity index (χ3v) is 10.9. The highest BCUT2D eigenvalue weighted by Crippen LogP contribution is 2.50. The van der Waals surface area contributed by atoms with Gasteiger partial charge in [0.05, 0.1) is 0 Å². The maximum atomic E-state index is 6.30. The predicted molar refractivity (Wildman–Crippen MR) is 214 cm³/mol. The van der Waals surface area contributed by atoms with E-state index in [2.05, 4.69) is 195 Å². The summed E-state index contributed by atoms with van der Waals surface area (Å²) in [4.78, 5) is 2.38. The number of fused-ring (bicyclic) bond motifs is 7. The maximum absolute atomic E-state index is 6.30. The standard InChI is InChI=1S/C49H35NO/c1-49(2)45-15-9-8-14-41(45)42-26-25-40(31-46(42)49)50(38-21-16-33(17-22-38)32-10-4-3-5-11-32)39-23-18-34(19-24-39)37-20-27-47-43(29-37)44-28-35-12-6-7-13-36(35)30-48(44)51-47/h3-31H,1-2H3. The lowest BCUT2D eigenvalue weighted by Crippen LogP contribution is -2.16. The summed E-state index contributed by atoms with van der Waals surface area (Å²) in [6, 6.07) is 63.7. The fourth-order valence-electron chi connectivity index (χ4n) is 8.16. The Morgan fingerprint density at radius 1 is 0.392 bits per heavy atom. The first kappa shape index (κ1) is 29.5. The third kappa shape index (κ3) is 4.79. The molecule has 1 heterocycles. The van der Waals surface area contributed by atoms with Gasteiger partial charge in [-0.3, -0.25) is 0 Å². The van der Waals surface area contributed by atoms with Crippen LogP contribution in [0.4, 0.5) is 17.1 Å². The summed E-state index contributed by atoms with van der Waals surface area (Å²) in [5.74, 6) is 0. The van der Waals surface area contributed by atoms with Gasteiger partial charge in [0.25, 0.3) is 0 Å². The van der Waals surface area contributed by atoms with E-state index in [0.717, 1.165) is 39.0 Å². The Kier molecular flexibility index (Phi) is 6.56. The molecule has 51 heavy (non-hydrogen) atoms. The molecule has 0 atom stereocenters. The van der Waals surface area contributed by atoms with Gasteiger partial charge >= 0.3 is 0 Å². The summed E-state index contributed by atoms with van der Waals surface area (Å²) in [7, 11) is 0. The van der Waals surface area contributed by atoms with E-state index in [9.17, 15) is 0 Å². The van der Waals surface area contributed by atoms with Crippen molar-refractivity contribution in [2.45, 2.75) is 19.3 Å². The summed E-state index contributed by atoms with van der Waals surface area (Å²) in [5, 5.41) is 4.70. The van der Waals surface area contributed by atoms with Crippen molar-refractivity contribution in [1.82, 2.24) is 0 Å². The molecule has 1 aliphatic carbocycles. The van der Waals surface area contributed by atoms with Crippen molar-refractivity contribution in [1.29, 1.82) is 0 Å². The molecule has 0 bridgehead atoms. The van der Waals surface area contributed by atoms with Crippen LogP contribution in [0.3, 0.4) is 0 Å². The minimum absolute atomic E-state index is 0.0865. The molecule has 0 fully saturated rings. The number of furan rings is 1. The van der Waals surface area contributed by atoms with Crippen LogP contribution in [-0.4, -0.2) is 0 Å². The van der Waals surface area contributed by atoms with Crippen molar-refractivity contribution in [3.63, 3.8) is 0 Å². The van der Waals surface area contributed by atoms with Crippen LogP contribution < -0.4 is 4.90 Å². The molecule has 0 radical (unpaired) electrons. The molecular weight excluding hydrogens is 619 g/mol. The number of anilines is 3. The highest BCUT2D eigenvalue weighted by molar-refractivity contribution is 6.11. The molecule has 2 heteroatoms. The van der Waals surface area contributed by atoms with Crippen molar-refractivity contribution >= 4 is 49.8 Å². The van der Waals surface area contributed by atoms with Crippen LogP contribution in [0.15, 0.2) is 180 Å². The normalized spacial score (nSPS) is 13.1. The Labute approximate surface area is 297 Å². The number of hydrogen-bond acceptors (Lipinski definition) is 2. The highest BCUT2D eigenvalue weighted by Gasteiger charge is 2.35. The first-order valence-electron chi connectivity index (χ1n) is 17.7. The predicted octanol–water partition coefficient (Wildman–Crippen LogP) is 13.8. The van der Waals surface area contributed by atoms with Gasteiger partial charge in [-0.15, -0.1) is 0 Å². The van der Waals surface area contributed by atoms with Gasteiger partial charge < -0.3 is 9.32 Å². The van der Waals surface area contributed by atoms with Gasteiger partial charge in [0.15, 0.2) is 0 Å².